The van der Waals surface area contributed by atoms with Gasteiger partial charge in [0.05, 0.1) is 10.4 Å². The summed E-state index contributed by atoms with van der Waals surface area (Å²) in [6.45, 7) is 4.10. The summed E-state index contributed by atoms with van der Waals surface area (Å²) < 4.78 is 27.2. The standard InChI is InChI=1S/C19H20N2O2S/c1-15-4-7-18(8-5-15)24(22,23)21-13-10-16-14-17(6-9-19(16)21)20-11-2-3-12-20/h4-10,13-14H,2-3,11-12H2,1H3. The third-order valence-corrected chi connectivity index (χ3v) is 6.39. The molecule has 0 aliphatic carbocycles. The van der Waals surface area contributed by atoms with Gasteiger partial charge >= 0.3 is 0 Å². The van der Waals surface area contributed by atoms with E-state index in [9.17, 15) is 8.42 Å². The van der Waals surface area contributed by atoms with Gasteiger partial charge in [0.2, 0.25) is 0 Å². The zero-order valence-corrected chi connectivity index (χ0v) is 14.5. The van der Waals surface area contributed by atoms with Crippen LogP contribution in [0.25, 0.3) is 10.9 Å². The van der Waals surface area contributed by atoms with E-state index in [0.717, 1.165) is 29.6 Å². The van der Waals surface area contributed by atoms with Gasteiger partial charge in [0.25, 0.3) is 10.0 Å². The molecule has 0 N–H and O–H groups in total. The third kappa shape index (κ3) is 2.49. The highest BCUT2D eigenvalue weighted by atomic mass is 32.2. The van der Waals surface area contributed by atoms with Gasteiger partial charge in [-0.2, -0.15) is 0 Å². The summed E-state index contributed by atoms with van der Waals surface area (Å²) in [6, 6.07) is 14.9. The third-order valence-electron chi connectivity index (χ3n) is 4.69. The normalized spacial score (nSPS) is 15.3. The van der Waals surface area contributed by atoms with Gasteiger partial charge in [0.1, 0.15) is 0 Å². The summed E-state index contributed by atoms with van der Waals surface area (Å²) in [4.78, 5) is 2.67. The average Bonchev–Trinajstić information content (AvgIpc) is 3.24. The zero-order valence-electron chi connectivity index (χ0n) is 13.6. The second-order valence-corrected chi connectivity index (χ2v) is 8.18. The van der Waals surface area contributed by atoms with Crippen LogP contribution >= 0.6 is 0 Å². The van der Waals surface area contributed by atoms with Crippen LogP contribution in [0.5, 0.6) is 0 Å². The molecular weight excluding hydrogens is 320 g/mol. The number of aryl methyl sites for hydroxylation is 1. The average molecular weight is 340 g/mol. The van der Waals surface area contributed by atoms with Crippen molar-refractivity contribution in [1.82, 2.24) is 3.97 Å². The molecule has 4 rings (SSSR count). The van der Waals surface area contributed by atoms with Crippen molar-refractivity contribution in [2.75, 3.05) is 18.0 Å². The fourth-order valence-electron chi connectivity index (χ4n) is 3.31. The lowest BCUT2D eigenvalue weighted by atomic mass is 10.2. The molecule has 0 radical (unpaired) electrons. The molecule has 1 saturated heterocycles. The summed E-state index contributed by atoms with van der Waals surface area (Å²) in [5, 5.41) is 0.954. The van der Waals surface area contributed by atoms with Crippen molar-refractivity contribution in [3.63, 3.8) is 0 Å². The molecule has 3 aromatic rings. The quantitative estimate of drug-likeness (QED) is 0.728. The van der Waals surface area contributed by atoms with Crippen LogP contribution in [-0.2, 0) is 10.0 Å². The minimum absolute atomic E-state index is 0.314. The van der Waals surface area contributed by atoms with Gasteiger partial charge in [-0.25, -0.2) is 12.4 Å². The largest absolute Gasteiger partial charge is 0.372 e. The molecule has 0 spiro atoms. The monoisotopic (exact) mass is 340 g/mol. The van der Waals surface area contributed by atoms with Crippen LogP contribution in [0.4, 0.5) is 5.69 Å². The number of hydrogen-bond acceptors (Lipinski definition) is 3. The summed E-state index contributed by atoms with van der Waals surface area (Å²) in [6.07, 6.45) is 4.09. The maximum Gasteiger partial charge on any atom is 0.268 e. The molecular formula is C19H20N2O2S. The molecule has 0 unspecified atom stereocenters. The Morgan fingerprint density at radius 2 is 1.62 bits per heavy atom. The van der Waals surface area contributed by atoms with Gasteiger partial charge in [-0.1, -0.05) is 17.7 Å². The Morgan fingerprint density at radius 1 is 0.917 bits per heavy atom. The van der Waals surface area contributed by atoms with Crippen molar-refractivity contribution in [3.8, 4) is 0 Å². The van der Waals surface area contributed by atoms with E-state index in [2.05, 4.69) is 11.0 Å². The SMILES string of the molecule is Cc1ccc(S(=O)(=O)n2ccc3cc(N4CCCC4)ccc32)cc1. The molecule has 2 heterocycles. The van der Waals surface area contributed by atoms with Gasteiger partial charge < -0.3 is 4.90 Å². The first-order chi connectivity index (χ1) is 11.6. The van der Waals surface area contributed by atoms with E-state index < -0.39 is 10.0 Å². The van der Waals surface area contributed by atoms with E-state index in [1.54, 1.807) is 18.3 Å². The van der Waals surface area contributed by atoms with E-state index in [1.807, 2.05) is 37.3 Å². The van der Waals surface area contributed by atoms with E-state index in [4.69, 9.17) is 0 Å². The molecule has 0 bridgehead atoms. The van der Waals surface area contributed by atoms with Crippen LogP contribution in [0, 0.1) is 6.92 Å². The van der Waals surface area contributed by atoms with Gasteiger partial charge in [0, 0.05) is 30.4 Å². The van der Waals surface area contributed by atoms with Crippen molar-refractivity contribution in [2.45, 2.75) is 24.7 Å². The molecule has 4 nitrogen and oxygen atoms in total. The number of anilines is 1. The van der Waals surface area contributed by atoms with Crippen LogP contribution in [0.15, 0.2) is 59.6 Å². The minimum atomic E-state index is -3.57. The van der Waals surface area contributed by atoms with Gasteiger partial charge in [-0.05, 0) is 56.2 Å². The Hall–Kier alpha value is -2.27. The number of rotatable bonds is 3. The van der Waals surface area contributed by atoms with Crippen molar-refractivity contribution in [2.24, 2.45) is 0 Å². The lowest BCUT2D eigenvalue weighted by Crippen LogP contribution is -2.17. The molecule has 0 saturated carbocycles. The van der Waals surface area contributed by atoms with Crippen LogP contribution in [0.1, 0.15) is 18.4 Å². The first-order valence-electron chi connectivity index (χ1n) is 8.24. The van der Waals surface area contributed by atoms with E-state index in [0.29, 0.717) is 4.90 Å². The molecule has 5 heteroatoms. The first kappa shape index (κ1) is 15.3. The number of aromatic nitrogens is 1. The maximum absolute atomic E-state index is 12.9. The molecule has 1 fully saturated rings. The van der Waals surface area contributed by atoms with Crippen molar-refractivity contribution >= 4 is 26.6 Å². The van der Waals surface area contributed by atoms with Crippen molar-refractivity contribution < 1.29 is 8.42 Å². The molecule has 1 aliphatic rings. The Balaban J connectivity index is 1.78. The van der Waals surface area contributed by atoms with Crippen LogP contribution < -0.4 is 4.90 Å². The number of nitrogens with zero attached hydrogens (tertiary/aromatic N) is 2. The van der Waals surface area contributed by atoms with Gasteiger partial charge in [0.15, 0.2) is 0 Å². The highest BCUT2D eigenvalue weighted by molar-refractivity contribution is 7.90. The molecule has 0 atom stereocenters. The van der Waals surface area contributed by atoms with Crippen molar-refractivity contribution in [1.29, 1.82) is 0 Å². The van der Waals surface area contributed by atoms with Crippen LogP contribution in [-0.4, -0.2) is 25.5 Å². The van der Waals surface area contributed by atoms with Crippen LogP contribution in [0.3, 0.4) is 0 Å². The fraction of sp³-hybridized carbons (Fsp3) is 0.263. The van der Waals surface area contributed by atoms with E-state index in [1.165, 1.54) is 22.5 Å². The van der Waals surface area contributed by atoms with E-state index >= 15 is 0 Å². The molecule has 1 aromatic heterocycles. The topological polar surface area (TPSA) is 42.3 Å². The molecule has 124 valence electrons. The highest BCUT2D eigenvalue weighted by Gasteiger charge is 2.19. The van der Waals surface area contributed by atoms with Gasteiger partial charge in [-0.3, -0.25) is 0 Å². The summed E-state index contributed by atoms with van der Waals surface area (Å²) in [5.74, 6) is 0. The second kappa shape index (κ2) is 5.67. The predicted molar refractivity (Wildman–Crippen MR) is 97.1 cm³/mol. The maximum atomic E-state index is 12.9. The first-order valence-corrected chi connectivity index (χ1v) is 9.68. The van der Waals surface area contributed by atoms with E-state index in [-0.39, 0.29) is 0 Å². The lowest BCUT2D eigenvalue weighted by molar-refractivity contribution is 0.589. The number of benzene rings is 2. The Labute approximate surface area is 142 Å². The summed E-state index contributed by atoms with van der Waals surface area (Å²) in [7, 11) is -3.57. The summed E-state index contributed by atoms with van der Waals surface area (Å²) >= 11 is 0. The molecule has 0 amide bonds. The van der Waals surface area contributed by atoms with Gasteiger partial charge in [-0.15, -0.1) is 0 Å². The van der Waals surface area contributed by atoms with Crippen molar-refractivity contribution in [3.05, 3.63) is 60.3 Å². The number of hydrogen-bond donors (Lipinski definition) is 0. The lowest BCUT2D eigenvalue weighted by Gasteiger charge is -2.17. The highest BCUT2D eigenvalue weighted by Crippen LogP contribution is 2.28. The second-order valence-electron chi connectivity index (χ2n) is 6.37. The molecule has 2 aromatic carbocycles. The Kier molecular flexibility index (Phi) is 3.61. The fourth-order valence-corrected chi connectivity index (χ4v) is 4.66. The molecule has 1 aliphatic heterocycles. The number of fused-ring (bicyclic) bond motifs is 1. The minimum Gasteiger partial charge on any atom is -0.372 e. The zero-order chi connectivity index (χ0) is 16.7. The van der Waals surface area contributed by atoms with Crippen LogP contribution in [0.2, 0.25) is 0 Å². The Bertz CT molecular complexity index is 982. The molecule has 24 heavy (non-hydrogen) atoms. The predicted octanol–water partition coefficient (Wildman–Crippen LogP) is 3.79. The smallest absolute Gasteiger partial charge is 0.268 e. The summed E-state index contributed by atoms with van der Waals surface area (Å²) in [5.41, 5.74) is 2.94. The Morgan fingerprint density at radius 3 is 2.33 bits per heavy atom.